The first-order valence-electron chi connectivity index (χ1n) is 6.40. The maximum Gasteiger partial charge on any atom is 0.0906 e. The largest absolute Gasteiger partial charge is 0.388 e. The van der Waals surface area contributed by atoms with Crippen molar-refractivity contribution in [3.63, 3.8) is 0 Å². The van der Waals surface area contributed by atoms with Gasteiger partial charge in [-0.25, -0.2) is 0 Å². The number of nitriles is 1. The van der Waals surface area contributed by atoms with Crippen LogP contribution in [0.4, 0.5) is 0 Å². The molecular weight excluding hydrogens is 202 g/mol. The zero-order chi connectivity index (χ0) is 11.6. The van der Waals surface area contributed by atoms with Crippen molar-refractivity contribution in [3.05, 3.63) is 0 Å². The first-order chi connectivity index (χ1) is 7.68. The smallest absolute Gasteiger partial charge is 0.0906 e. The van der Waals surface area contributed by atoms with Gasteiger partial charge in [0, 0.05) is 13.2 Å². The fraction of sp³-hybridized carbons (Fsp3) is 0.923. The second-order valence-corrected chi connectivity index (χ2v) is 5.23. The topological polar surface area (TPSA) is 53.2 Å². The van der Waals surface area contributed by atoms with Crippen LogP contribution in [0, 0.1) is 22.7 Å². The molecule has 1 aliphatic carbocycles. The lowest BCUT2D eigenvalue weighted by molar-refractivity contribution is -0.126. The molecule has 2 atom stereocenters. The van der Waals surface area contributed by atoms with Gasteiger partial charge in [0.1, 0.15) is 0 Å². The summed E-state index contributed by atoms with van der Waals surface area (Å²) < 4.78 is 5.34. The van der Waals surface area contributed by atoms with E-state index < -0.39 is 11.0 Å². The Labute approximate surface area is 97.4 Å². The van der Waals surface area contributed by atoms with E-state index in [1.165, 1.54) is 0 Å². The van der Waals surface area contributed by atoms with Gasteiger partial charge in [-0.2, -0.15) is 5.26 Å². The number of aliphatic hydroxyl groups is 1. The summed E-state index contributed by atoms with van der Waals surface area (Å²) in [4.78, 5) is 0. The van der Waals surface area contributed by atoms with Crippen LogP contribution in [0.25, 0.3) is 0 Å². The second kappa shape index (κ2) is 4.35. The minimum absolute atomic E-state index is 0.297. The van der Waals surface area contributed by atoms with Crippen LogP contribution in [-0.4, -0.2) is 23.9 Å². The fourth-order valence-electron chi connectivity index (χ4n) is 3.59. The van der Waals surface area contributed by atoms with Crippen LogP contribution in [0.3, 0.4) is 0 Å². The highest BCUT2D eigenvalue weighted by Gasteiger charge is 2.56. The normalized spacial score (nSPS) is 38.2. The van der Waals surface area contributed by atoms with Crippen molar-refractivity contribution < 1.29 is 9.84 Å². The van der Waals surface area contributed by atoms with Crippen LogP contribution in [0.5, 0.6) is 0 Å². The minimum Gasteiger partial charge on any atom is -0.388 e. The van der Waals surface area contributed by atoms with E-state index in [0.717, 1.165) is 25.7 Å². The van der Waals surface area contributed by atoms with E-state index >= 15 is 0 Å². The molecule has 1 heterocycles. The molecule has 0 bridgehead atoms. The molecule has 16 heavy (non-hydrogen) atoms. The molecule has 1 aliphatic heterocycles. The SMILES string of the molecule is CCC1CCCC1(O)C1(C#N)CCOCC1. The van der Waals surface area contributed by atoms with Crippen molar-refractivity contribution in [2.45, 2.75) is 51.0 Å². The zero-order valence-electron chi connectivity index (χ0n) is 10.0. The molecule has 2 unspecified atom stereocenters. The average molecular weight is 223 g/mol. The molecule has 0 aromatic heterocycles. The summed E-state index contributed by atoms with van der Waals surface area (Å²) in [6, 6.07) is 2.43. The van der Waals surface area contributed by atoms with E-state index in [-0.39, 0.29) is 0 Å². The molecule has 0 aromatic carbocycles. The van der Waals surface area contributed by atoms with E-state index in [2.05, 4.69) is 13.0 Å². The van der Waals surface area contributed by atoms with Crippen molar-refractivity contribution in [2.75, 3.05) is 13.2 Å². The van der Waals surface area contributed by atoms with Crippen molar-refractivity contribution in [1.29, 1.82) is 5.26 Å². The molecule has 0 aromatic rings. The second-order valence-electron chi connectivity index (χ2n) is 5.23. The molecular formula is C13H21NO2. The van der Waals surface area contributed by atoms with Gasteiger partial charge >= 0.3 is 0 Å². The molecule has 3 nitrogen and oxygen atoms in total. The standard InChI is InChI=1S/C13H21NO2/c1-2-11-4-3-5-13(11,15)12(10-14)6-8-16-9-7-12/h11,15H,2-9H2,1H3. The quantitative estimate of drug-likeness (QED) is 0.781. The summed E-state index contributed by atoms with van der Waals surface area (Å²) in [6.07, 6.45) is 5.27. The number of rotatable bonds is 2. The number of nitrogens with zero attached hydrogens (tertiary/aromatic N) is 1. The van der Waals surface area contributed by atoms with Crippen LogP contribution in [0.1, 0.15) is 45.4 Å². The van der Waals surface area contributed by atoms with Gasteiger partial charge in [0.15, 0.2) is 0 Å². The molecule has 3 heteroatoms. The number of hydrogen-bond donors (Lipinski definition) is 1. The van der Waals surface area contributed by atoms with Gasteiger partial charge in [-0.05, 0) is 31.6 Å². The molecule has 1 saturated carbocycles. The molecule has 1 saturated heterocycles. The maximum absolute atomic E-state index is 10.9. The minimum atomic E-state index is -0.764. The summed E-state index contributed by atoms with van der Waals surface area (Å²) in [7, 11) is 0. The van der Waals surface area contributed by atoms with Crippen LogP contribution in [-0.2, 0) is 4.74 Å². The molecule has 0 amide bonds. The first kappa shape index (κ1) is 11.9. The number of ether oxygens (including phenoxy) is 1. The lowest BCUT2D eigenvalue weighted by Crippen LogP contribution is -2.52. The van der Waals surface area contributed by atoms with Crippen LogP contribution in [0.15, 0.2) is 0 Å². The van der Waals surface area contributed by atoms with Crippen molar-refractivity contribution in [2.24, 2.45) is 11.3 Å². The Balaban J connectivity index is 2.28. The van der Waals surface area contributed by atoms with E-state index in [1.807, 2.05) is 0 Å². The van der Waals surface area contributed by atoms with Crippen molar-refractivity contribution in [3.8, 4) is 6.07 Å². The highest BCUT2D eigenvalue weighted by molar-refractivity contribution is 5.16. The summed E-state index contributed by atoms with van der Waals surface area (Å²) in [5.41, 5.74) is -1.32. The Morgan fingerprint density at radius 1 is 1.38 bits per heavy atom. The third-order valence-electron chi connectivity index (χ3n) is 4.67. The Morgan fingerprint density at radius 2 is 2.06 bits per heavy atom. The van der Waals surface area contributed by atoms with Crippen LogP contribution >= 0.6 is 0 Å². The summed E-state index contributed by atoms with van der Waals surface area (Å²) in [6.45, 7) is 3.35. The maximum atomic E-state index is 10.9. The van der Waals surface area contributed by atoms with Gasteiger partial charge in [-0.15, -0.1) is 0 Å². The average Bonchev–Trinajstić information content (AvgIpc) is 2.73. The molecule has 2 fully saturated rings. The van der Waals surface area contributed by atoms with Gasteiger partial charge in [0.05, 0.1) is 17.1 Å². The Kier molecular flexibility index (Phi) is 3.23. The molecule has 90 valence electrons. The fourth-order valence-corrected chi connectivity index (χ4v) is 3.59. The Morgan fingerprint density at radius 3 is 2.62 bits per heavy atom. The van der Waals surface area contributed by atoms with Crippen LogP contribution < -0.4 is 0 Å². The molecule has 0 radical (unpaired) electrons. The Bertz CT molecular complexity index is 291. The molecule has 2 aliphatic rings. The zero-order valence-corrected chi connectivity index (χ0v) is 10.0. The van der Waals surface area contributed by atoms with Crippen molar-refractivity contribution >= 4 is 0 Å². The van der Waals surface area contributed by atoms with E-state index in [4.69, 9.17) is 4.74 Å². The summed E-state index contributed by atoms with van der Waals surface area (Å²) in [5.74, 6) is 0.297. The lowest BCUT2D eigenvalue weighted by atomic mass is 9.63. The first-order valence-corrected chi connectivity index (χ1v) is 6.40. The van der Waals surface area contributed by atoms with Gasteiger partial charge < -0.3 is 9.84 Å². The van der Waals surface area contributed by atoms with Gasteiger partial charge in [0.25, 0.3) is 0 Å². The molecule has 1 N–H and O–H groups in total. The highest BCUT2D eigenvalue weighted by atomic mass is 16.5. The van der Waals surface area contributed by atoms with E-state index in [1.54, 1.807) is 0 Å². The third-order valence-corrected chi connectivity index (χ3v) is 4.67. The lowest BCUT2D eigenvalue weighted by Gasteiger charge is -2.46. The van der Waals surface area contributed by atoms with E-state index in [0.29, 0.717) is 32.0 Å². The monoisotopic (exact) mass is 223 g/mol. The highest BCUT2D eigenvalue weighted by Crippen LogP contribution is 2.53. The number of hydrogen-bond acceptors (Lipinski definition) is 3. The van der Waals surface area contributed by atoms with E-state index in [9.17, 15) is 10.4 Å². The van der Waals surface area contributed by atoms with Gasteiger partial charge in [0.2, 0.25) is 0 Å². The molecule has 2 rings (SSSR count). The van der Waals surface area contributed by atoms with Crippen LogP contribution in [0.2, 0.25) is 0 Å². The van der Waals surface area contributed by atoms with Crippen molar-refractivity contribution in [1.82, 2.24) is 0 Å². The van der Waals surface area contributed by atoms with Gasteiger partial charge in [-0.3, -0.25) is 0 Å². The summed E-state index contributed by atoms with van der Waals surface area (Å²) in [5, 5.41) is 20.5. The predicted octanol–water partition coefficient (Wildman–Crippen LogP) is 2.25. The Hall–Kier alpha value is -0.590. The summed E-state index contributed by atoms with van der Waals surface area (Å²) >= 11 is 0. The van der Waals surface area contributed by atoms with Gasteiger partial charge in [-0.1, -0.05) is 19.8 Å². The third kappa shape index (κ3) is 1.56. The molecule has 0 spiro atoms. The predicted molar refractivity (Wildman–Crippen MR) is 60.7 cm³/mol.